The molecule has 2 N–H and O–H groups in total. The van der Waals surface area contributed by atoms with E-state index in [1.165, 1.54) is 38.8 Å². The highest BCUT2D eigenvalue weighted by molar-refractivity contribution is 4.84. The van der Waals surface area contributed by atoms with Crippen molar-refractivity contribution in [3.8, 4) is 0 Å². The summed E-state index contributed by atoms with van der Waals surface area (Å²) >= 11 is 0. The topological polar surface area (TPSA) is 38.5 Å². The first-order chi connectivity index (χ1) is 7.69. The van der Waals surface area contributed by atoms with Crippen molar-refractivity contribution < 1.29 is 4.74 Å². The minimum Gasteiger partial charge on any atom is -0.381 e. The van der Waals surface area contributed by atoms with Crippen LogP contribution in [0.15, 0.2) is 0 Å². The second-order valence-corrected chi connectivity index (χ2v) is 5.12. The molecule has 16 heavy (non-hydrogen) atoms. The van der Waals surface area contributed by atoms with Crippen LogP contribution in [0.3, 0.4) is 0 Å². The van der Waals surface area contributed by atoms with Gasteiger partial charge in [-0.2, -0.15) is 0 Å². The summed E-state index contributed by atoms with van der Waals surface area (Å²) in [5.74, 6) is 0. The van der Waals surface area contributed by atoms with Crippen molar-refractivity contribution in [1.82, 2.24) is 4.90 Å². The zero-order valence-electron chi connectivity index (χ0n) is 11.2. The highest BCUT2D eigenvalue weighted by Crippen LogP contribution is 2.27. The maximum atomic E-state index is 5.95. The van der Waals surface area contributed by atoms with E-state index in [4.69, 9.17) is 10.5 Å². The number of hydrogen-bond acceptors (Lipinski definition) is 3. The first-order valence-corrected chi connectivity index (χ1v) is 6.65. The van der Waals surface area contributed by atoms with Crippen molar-refractivity contribution in [2.45, 2.75) is 45.6 Å². The Bertz CT molecular complexity index is 176. The molecular weight excluding hydrogens is 200 g/mol. The Hall–Kier alpha value is -0.120. The Labute approximate surface area is 100 Å². The maximum absolute atomic E-state index is 5.95. The maximum Gasteiger partial charge on any atom is 0.0595 e. The molecule has 0 unspecified atom stereocenters. The molecule has 1 aliphatic heterocycles. The molecule has 1 saturated heterocycles. The van der Waals surface area contributed by atoms with E-state index in [0.29, 0.717) is 11.5 Å². The Balaban J connectivity index is 2.42. The zero-order chi connectivity index (χ0) is 12.0. The summed E-state index contributed by atoms with van der Waals surface area (Å²) in [4.78, 5) is 2.56. The van der Waals surface area contributed by atoms with Crippen molar-refractivity contribution in [3.05, 3.63) is 0 Å². The van der Waals surface area contributed by atoms with Crippen LogP contribution in [0.1, 0.15) is 39.5 Å². The van der Waals surface area contributed by atoms with Crippen molar-refractivity contribution in [1.29, 1.82) is 0 Å². The molecule has 0 radical (unpaired) electrons. The van der Waals surface area contributed by atoms with Crippen LogP contribution in [0.4, 0.5) is 0 Å². The number of rotatable bonds is 6. The Kier molecular flexibility index (Phi) is 5.73. The standard InChI is InChI=1S/C13H28N2O/c1-4-13(5-2,10-14)11-15-8-6-12(16-3)7-9-15/h12H,4-11,14H2,1-3H3. The van der Waals surface area contributed by atoms with Gasteiger partial charge in [0.05, 0.1) is 6.10 Å². The summed E-state index contributed by atoms with van der Waals surface area (Å²) in [7, 11) is 1.82. The fourth-order valence-electron chi connectivity index (χ4n) is 2.60. The van der Waals surface area contributed by atoms with E-state index in [2.05, 4.69) is 18.7 Å². The molecule has 0 saturated carbocycles. The predicted octanol–water partition coefficient (Wildman–Crippen LogP) is 1.86. The van der Waals surface area contributed by atoms with Gasteiger partial charge in [0.25, 0.3) is 0 Å². The van der Waals surface area contributed by atoms with E-state index in [-0.39, 0.29) is 0 Å². The lowest BCUT2D eigenvalue weighted by Gasteiger charge is -2.39. The molecule has 0 aliphatic carbocycles. The Morgan fingerprint density at radius 2 is 1.81 bits per heavy atom. The monoisotopic (exact) mass is 228 g/mol. The predicted molar refractivity (Wildman–Crippen MR) is 68.5 cm³/mol. The fraction of sp³-hybridized carbons (Fsp3) is 1.00. The second-order valence-electron chi connectivity index (χ2n) is 5.12. The van der Waals surface area contributed by atoms with Gasteiger partial charge in [0.2, 0.25) is 0 Å². The summed E-state index contributed by atoms with van der Waals surface area (Å²) in [6.07, 6.45) is 5.19. The molecular formula is C13H28N2O. The molecule has 1 rings (SSSR count). The van der Waals surface area contributed by atoms with Crippen LogP contribution >= 0.6 is 0 Å². The highest BCUT2D eigenvalue weighted by atomic mass is 16.5. The molecule has 0 aromatic rings. The molecule has 0 aromatic carbocycles. The highest BCUT2D eigenvalue weighted by Gasteiger charge is 2.29. The van der Waals surface area contributed by atoms with Gasteiger partial charge < -0.3 is 15.4 Å². The van der Waals surface area contributed by atoms with Crippen molar-refractivity contribution >= 4 is 0 Å². The third-order valence-corrected chi connectivity index (χ3v) is 4.36. The van der Waals surface area contributed by atoms with Gasteiger partial charge in [-0.15, -0.1) is 0 Å². The van der Waals surface area contributed by atoms with Crippen LogP contribution in [0.2, 0.25) is 0 Å². The summed E-state index contributed by atoms with van der Waals surface area (Å²) < 4.78 is 5.40. The number of methoxy groups -OCH3 is 1. The third kappa shape index (κ3) is 3.44. The lowest BCUT2D eigenvalue weighted by molar-refractivity contribution is 0.0255. The number of nitrogens with zero attached hydrogens (tertiary/aromatic N) is 1. The van der Waals surface area contributed by atoms with E-state index >= 15 is 0 Å². The van der Waals surface area contributed by atoms with Gasteiger partial charge in [0, 0.05) is 26.7 Å². The summed E-state index contributed by atoms with van der Waals surface area (Å²) in [5, 5.41) is 0. The van der Waals surface area contributed by atoms with Gasteiger partial charge in [-0.3, -0.25) is 0 Å². The van der Waals surface area contributed by atoms with Crippen LogP contribution in [-0.2, 0) is 4.74 Å². The van der Waals surface area contributed by atoms with E-state index in [1.54, 1.807) is 0 Å². The summed E-state index contributed by atoms with van der Waals surface area (Å²) in [6.45, 7) is 8.83. The molecule has 0 amide bonds. The SMILES string of the molecule is CCC(CC)(CN)CN1CCC(OC)CC1. The van der Waals surface area contributed by atoms with E-state index in [1.807, 2.05) is 7.11 Å². The first kappa shape index (κ1) is 13.9. The van der Waals surface area contributed by atoms with Crippen molar-refractivity contribution in [3.63, 3.8) is 0 Å². The number of likely N-dealkylation sites (tertiary alicyclic amines) is 1. The molecule has 0 aromatic heterocycles. The average Bonchev–Trinajstić information content (AvgIpc) is 2.37. The largest absolute Gasteiger partial charge is 0.381 e. The van der Waals surface area contributed by atoms with Crippen LogP contribution < -0.4 is 5.73 Å². The van der Waals surface area contributed by atoms with E-state index < -0.39 is 0 Å². The quantitative estimate of drug-likeness (QED) is 0.754. The van der Waals surface area contributed by atoms with Crippen LogP contribution in [0.25, 0.3) is 0 Å². The normalized spacial score (nSPS) is 20.2. The minimum absolute atomic E-state index is 0.333. The van der Waals surface area contributed by atoms with Gasteiger partial charge in [-0.25, -0.2) is 0 Å². The van der Waals surface area contributed by atoms with Gasteiger partial charge >= 0.3 is 0 Å². The van der Waals surface area contributed by atoms with Crippen LogP contribution in [-0.4, -0.2) is 44.3 Å². The Morgan fingerprint density at radius 1 is 1.25 bits per heavy atom. The smallest absolute Gasteiger partial charge is 0.0595 e. The Morgan fingerprint density at radius 3 is 2.19 bits per heavy atom. The summed E-state index contributed by atoms with van der Waals surface area (Å²) in [5.41, 5.74) is 6.28. The number of hydrogen-bond donors (Lipinski definition) is 1. The van der Waals surface area contributed by atoms with Gasteiger partial charge in [0.1, 0.15) is 0 Å². The van der Waals surface area contributed by atoms with Crippen molar-refractivity contribution in [2.24, 2.45) is 11.1 Å². The lowest BCUT2D eigenvalue weighted by atomic mass is 9.81. The molecule has 1 heterocycles. The van der Waals surface area contributed by atoms with Gasteiger partial charge in [0.15, 0.2) is 0 Å². The molecule has 96 valence electrons. The summed E-state index contributed by atoms with van der Waals surface area (Å²) in [6, 6.07) is 0. The zero-order valence-corrected chi connectivity index (χ0v) is 11.2. The third-order valence-electron chi connectivity index (χ3n) is 4.36. The van der Waals surface area contributed by atoms with E-state index in [0.717, 1.165) is 13.1 Å². The average molecular weight is 228 g/mol. The van der Waals surface area contributed by atoms with Crippen molar-refractivity contribution in [2.75, 3.05) is 33.3 Å². The molecule has 0 atom stereocenters. The molecule has 1 fully saturated rings. The van der Waals surface area contributed by atoms with Crippen LogP contribution in [0.5, 0.6) is 0 Å². The van der Waals surface area contributed by atoms with Crippen LogP contribution in [0, 0.1) is 5.41 Å². The number of nitrogens with two attached hydrogens (primary N) is 1. The molecule has 0 spiro atoms. The lowest BCUT2D eigenvalue weighted by Crippen LogP contribution is -2.46. The van der Waals surface area contributed by atoms with Gasteiger partial charge in [-0.05, 0) is 37.6 Å². The van der Waals surface area contributed by atoms with E-state index in [9.17, 15) is 0 Å². The molecule has 1 aliphatic rings. The second kappa shape index (κ2) is 6.58. The molecule has 3 heteroatoms. The van der Waals surface area contributed by atoms with Gasteiger partial charge in [-0.1, -0.05) is 13.8 Å². The minimum atomic E-state index is 0.333. The molecule has 3 nitrogen and oxygen atoms in total. The fourth-order valence-corrected chi connectivity index (χ4v) is 2.60. The first-order valence-electron chi connectivity index (χ1n) is 6.65. The molecule has 0 bridgehead atoms. The number of ether oxygens (including phenoxy) is 1. The number of piperidine rings is 1.